The third-order valence-electron chi connectivity index (χ3n) is 2.93. The summed E-state index contributed by atoms with van der Waals surface area (Å²) < 4.78 is 0. The van der Waals surface area contributed by atoms with Gasteiger partial charge in [-0.1, -0.05) is 60.7 Å². The molecular formula is C16H19NO. The Kier molecular flexibility index (Phi) is 4.94. The topological polar surface area (TPSA) is 21.3 Å². The summed E-state index contributed by atoms with van der Waals surface area (Å²) in [4.78, 5) is 5.10. The molecule has 0 aliphatic heterocycles. The number of hydroxylamine groups is 1. The van der Waals surface area contributed by atoms with E-state index in [0.717, 1.165) is 12.8 Å². The van der Waals surface area contributed by atoms with Crippen molar-refractivity contribution in [2.75, 3.05) is 7.11 Å². The summed E-state index contributed by atoms with van der Waals surface area (Å²) in [6.45, 7) is 0. The van der Waals surface area contributed by atoms with Crippen molar-refractivity contribution in [2.45, 2.75) is 18.9 Å². The molecule has 0 fully saturated rings. The maximum Gasteiger partial charge on any atom is 0.0572 e. The van der Waals surface area contributed by atoms with Gasteiger partial charge in [0.15, 0.2) is 0 Å². The minimum atomic E-state index is 0.291. The SMILES string of the molecule is CONC(Cc1ccccc1)Cc1ccccc1. The van der Waals surface area contributed by atoms with E-state index < -0.39 is 0 Å². The van der Waals surface area contributed by atoms with Crippen LogP contribution in [0.4, 0.5) is 0 Å². The Morgan fingerprint density at radius 2 is 1.28 bits per heavy atom. The number of hydrogen-bond donors (Lipinski definition) is 1. The zero-order valence-corrected chi connectivity index (χ0v) is 10.7. The first-order valence-corrected chi connectivity index (χ1v) is 6.25. The molecule has 0 aromatic heterocycles. The molecule has 0 atom stereocenters. The molecule has 0 saturated carbocycles. The maximum absolute atomic E-state index is 5.10. The lowest BCUT2D eigenvalue weighted by Gasteiger charge is -2.17. The zero-order valence-electron chi connectivity index (χ0n) is 10.7. The van der Waals surface area contributed by atoms with Crippen molar-refractivity contribution in [1.29, 1.82) is 0 Å². The minimum absolute atomic E-state index is 0.291. The smallest absolute Gasteiger partial charge is 0.0572 e. The van der Waals surface area contributed by atoms with E-state index in [1.54, 1.807) is 7.11 Å². The maximum atomic E-state index is 5.10. The monoisotopic (exact) mass is 241 g/mol. The Morgan fingerprint density at radius 1 is 0.833 bits per heavy atom. The number of rotatable bonds is 6. The van der Waals surface area contributed by atoms with Gasteiger partial charge in [0.05, 0.1) is 7.11 Å². The number of benzene rings is 2. The van der Waals surface area contributed by atoms with Crippen molar-refractivity contribution < 1.29 is 4.84 Å². The van der Waals surface area contributed by atoms with Crippen LogP contribution in [-0.4, -0.2) is 13.2 Å². The molecule has 0 unspecified atom stereocenters. The van der Waals surface area contributed by atoms with Gasteiger partial charge in [-0.2, -0.15) is 5.48 Å². The summed E-state index contributed by atoms with van der Waals surface area (Å²) >= 11 is 0. The van der Waals surface area contributed by atoms with Gasteiger partial charge in [0.1, 0.15) is 0 Å². The molecule has 0 bridgehead atoms. The fraction of sp³-hybridized carbons (Fsp3) is 0.250. The highest BCUT2D eigenvalue weighted by Crippen LogP contribution is 2.09. The quantitative estimate of drug-likeness (QED) is 0.785. The normalized spacial score (nSPS) is 10.8. The lowest BCUT2D eigenvalue weighted by molar-refractivity contribution is 0.0608. The molecule has 0 aliphatic rings. The standard InChI is InChI=1S/C16H19NO/c1-18-17-16(12-14-8-4-2-5-9-14)13-15-10-6-3-7-11-15/h2-11,16-17H,12-13H2,1H3. The molecule has 0 radical (unpaired) electrons. The molecule has 0 saturated heterocycles. The van der Waals surface area contributed by atoms with Crippen LogP contribution >= 0.6 is 0 Å². The summed E-state index contributed by atoms with van der Waals surface area (Å²) in [5.41, 5.74) is 5.72. The van der Waals surface area contributed by atoms with E-state index >= 15 is 0 Å². The van der Waals surface area contributed by atoms with Crippen LogP contribution in [0, 0.1) is 0 Å². The Hall–Kier alpha value is -1.64. The van der Waals surface area contributed by atoms with Gasteiger partial charge < -0.3 is 4.84 Å². The van der Waals surface area contributed by atoms with Crippen LogP contribution in [0.3, 0.4) is 0 Å². The van der Waals surface area contributed by atoms with Gasteiger partial charge in [-0.3, -0.25) is 0 Å². The second kappa shape index (κ2) is 6.94. The largest absolute Gasteiger partial charge is 0.305 e. The van der Waals surface area contributed by atoms with Crippen molar-refractivity contribution in [3.8, 4) is 0 Å². The first-order chi connectivity index (χ1) is 8.88. The molecule has 2 rings (SSSR count). The van der Waals surface area contributed by atoms with E-state index in [9.17, 15) is 0 Å². The van der Waals surface area contributed by atoms with Crippen molar-refractivity contribution in [3.05, 3.63) is 71.8 Å². The molecule has 2 aromatic rings. The lowest BCUT2D eigenvalue weighted by atomic mass is 10.00. The van der Waals surface area contributed by atoms with Gasteiger partial charge in [-0.15, -0.1) is 0 Å². The van der Waals surface area contributed by atoms with Crippen LogP contribution in [0.15, 0.2) is 60.7 Å². The van der Waals surface area contributed by atoms with Gasteiger partial charge >= 0.3 is 0 Å². The Balaban J connectivity index is 2.00. The summed E-state index contributed by atoms with van der Waals surface area (Å²) in [6.07, 6.45) is 1.92. The zero-order chi connectivity index (χ0) is 12.6. The van der Waals surface area contributed by atoms with E-state index in [-0.39, 0.29) is 0 Å². The van der Waals surface area contributed by atoms with Crippen LogP contribution in [0.5, 0.6) is 0 Å². The number of hydrogen-bond acceptors (Lipinski definition) is 2. The minimum Gasteiger partial charge on any atom is -0.305 e. The van der Waals surface area contributed by atoms with E-state index in [1.165, 1.54) is 11.1 Å². The van der Waals surface area contributed by atoms with Gasteiger partial charge in [0.25, 0.3) is 0 Å². The third kappa shape index (κ3) is 3.99. The predicted molar refractivity (Wildman–Crippen MR) is 74.2 cm³/mol. The molecule has 0 amide bonds. The molecule has 0 heterocycles. The van der Waals surface area contributed by atoms with Crippen molar-refractivity contribution in [1.82, 2.24) is 5.48 Å². The molecule has 94 valence electrons. The van der Waals surface area contributed by atoms with Crippen molar-refractivity contribution in [3.63, 3.8) is 0 Å². The van der Waals surface area contributed by atoms with Crippen molar-refractivity contribution >= 4 is 0 Å². The molecular weight excluding hydrogens is 222 g/mol. The summed E-state index contributed by atoms with van der Waals surface area (Å²) in [5.74, 6) is 0. The van der Waals surface area contributed by atoms with E-state index in [1.807, 2.05) is 12.1 Å². The van der Waals surface area contributed by atoms with Crippen LogP contribution < -0.4 is 5.48 Å². The van der Waals surface area contributed by atoms with E-state index in [4.69, 9.17) is 4.84 Å². The van der Waals surface area contributed by atoms with Gasteiger partial charge in [-0.05, 0) is 24.0 Å². The van der Waals surface area contributed by atoms with Gasteiger partial charge in [-0.25, -0.2) is 0 Å². The highest BCUT2D eigenvalue weighted by atomic mass is 16.6. The first-order valence-electron chi connectivity index (χ1n) is 6.25. The molecule has 0 aliphatic carbocycles. The van der Waals surface area contributed by atoms with Crippen LogP contribution in [0.2, 0.25) is 0 Å². The molecule has 2 nitrogen and oxygen atoms in total. The highest BCUT2D eigenvalue weighted by Gasteiger charge is 2.09. The number of nitrogens with one attached hydrogen (secondary N) is 1. The highest BCUT2D eigenvalue weighted by molar-refractivity contribution is 5.19. The Bertz CT molecular complexity index is 400. The molecule has 2 aromatic carbocycles. The predicted octanol–water partition coefficient (Wildman–Crippen LogP) is 2.99. The first kappa shape index (κ1) is 12.8. The second-order valence-electron chi connectivity index (χ2n) is 4.40. The molecule has 18 heavy (non-hydrogen) atoms. The fourth-order valence-electron chi connectivity index (χ4n) is 2.12. The molecule has 0 spiro atoms. The summed E-state index contributed by atoms with van der Waals surface area (Å²) in [7, 11) is 1.67. The summed E-state index contributed by atoms with van der Waals surface area (Å²) in [5, 5.41) is 0. The van der Waals surface area contributed by atoms with E-state index in [0.29, 0.717) is 6.04 Å². The van der Waals surface area contributed by atoms with Gasteiger partial charge in [0.2, 0.25) is 0 Å². The third-order valence-corrected chi connectivity index (χ3v) is 2.93. The Morgan fingerprint density at radius 3 is 1.67 bits per heavy atom. The van der Waals surface area contributed by atoms with E-state index in [2.05, 4.69) is 54.0 Å². The van der Waals surface area contributed by atoms with Crippen LogP contribution in [-0.2, 0) is 17.7 Å². The summed E-state index contributed by atoms with van der Waals surface area (Å²) in [6, 6.07) is 21.3. The van der Waals surface area contributed by atoms with Crippen LogP contribution in [0.1, 0.15) is 11.1 Å². The Labute approximate surface area is 109 Å². The molecule has 1 N–H and O–H groups in total. The van der Waals surface area contributed by atoms with Gasteiger partial charge in [0, 0.05) is 6.04 Å². The van der Waals surface area contributed by atoms with Crippen molar-refractivity contribution in [2.24, 2.45) is 0 Å². The van der Waals surface area contributed by atoms with Crippen LogP contribution in [0.25, 0.3) is 0 Å². The molecule has 2 heteroatoms. The lowest BCUT2D eigenvalue weighted by Crippen LogP contribution is -2.32. The fourth-order valence-corrected chi connectivity index (χ4v) is 2.12. The second-order valence-corrected chi connectivity index (χ2v) is 4.40. The average Bonchev–Trinajstić information content (AvgIpc) is 2.41. The average molecular weight is 241 g/mol.